The van der Waals surface area contributed by atoms with Gasteiger partial charge in [-0.2, -0.15) is 0 Å². The molecule has 0 fully saturated rings. The third kappa shape index (κ3) is 2.90. The van der Waals surface area contributed by atoms with Crippen LogP contribution in [-0.4, -0.2) is 8.32 Å². The smallest absolute Gasteiger partial charge is 0.195 e. The summed E-state index contributed by atoms with van der Waals surface area (Å²) in [5.74, 6) is 0. The van der Waals surface area contributed by atoms with Crippen molar-refractivity contribution in [2.75, 3.05) is 0 Å². The van der Waals surface area contributed by atoms with E-state index in [9.17, 15) is 0 Å². The van der Waals surface area contributed by atoms with Crippen molar-refractivity contribution in [3.05, 3.63) is 6.10 Å². The lowest BCUT2D eigenvalue weighted by Crippen LogP contribution is -2.40. The van der Waals surface area contributed by atoms with Gasteiger partial charge in [-0.3, -0.25) is 0 Å². The summed E-state index contributed by atoms with van der Waals surface area (Å²) in [6, 6.07) is 2.46. The van der Waals surface area contributed by atoms with Gasteiger partial charge in [-0.05, 0) is 31.5 Å². The summed E-state index contributed by atoms with van der Waals surface area (Å²) in [7, 11) is -1.42. The molecule has 0 aliphatic carbocycles. The zero-order valence-corrected chi connectivity index (χ0v) is 10.4. The van der Waals surface area contributed by atoms with E-state index in [4.69, 9.17) is 4.43 Å². The van der Waals surface area contributed by atoms with E-state index in [0.717, 1.165) is 11.6 Å². The molecule has 0 unspecified atom stereocenters. The quantitative estimate of drug-likeness (QED) is 0.592. The second-order valence-electron chi connectivity index (χ2n) is 3.94. The summed E-state index contributed by atoms with van der Waals surface area (Å²) >= 11 is 0. The zero-order valence-electron chi connectivity index (χ0n) is 9.40. The SMILES string of the molecule is CC[Si](CC)(O[C](C)C)C(C)C. The molecule has 0 spiro atoms. The minimum Gasteiger partial charge on any atom is -0.409 e. The fourth-order valence-corrected chi connectivity index (χ4v) is 5.21. The first-order valence-electron chi connectivity index (χ1n) is 4.97. The van der Waals surface area contributed by atoms with Crippen LogP contribution in [0.5, 0.6) is 0 Å². The third-order valence-corrected chi connectivity index (χ3v) is 7.97. The van der Waals surface area contributed by atoms with Gasteiger partial charge in [-0.1, -0.05) is 27.7 Å². The van der Waals surface area contributed by atoms with Crippen LogP contribution in [0.2, 0.25) is 17.6 Å². The molecule has 0 atom stereocenters. The molecule has 1 nitrogen and oxygen atoms in total. The summed E-state index contributed by atoms with van der Waals surface area (Å²) in [4.78, 5) is 0. The van der Waals surface area contributed by atoms with Crippen LogP contribution in [0.15, 0.2) is 0 Å². The van der Waals surface area contributed by atoms with Crippen LogP contribution in [-0.2, 0) is 4.43 Å². The highest BCUT2D eigenvalue weighted by Crippen LogP contribution is 2.32. The van der Waals surface area contributed by atoms with Crippen molar-refractivity contribution in [3.8, 4) is 0 Å². The van der Waals surface area contributed by atoms with Crippen molar-refractivity contribution in [1.82, 2.24) is 0 Å². The van der Waals surface area contributed by atoms with E-state index in [1.807, 2.05) is 0 Å². The third-order valence-electron chi connectivity index (χ3n) is 2.66. The van der Waals surface area contributed by atoms with Gasteiger partial charge in [0.05, 0.1) is 6.10 Å². The van der Waals surface area contributed by atoms with E-state index in [1.54, 1.807) is 0 Å². The Kier molecular flexibility index (Phi) is 5.10. The number of hydrogen-bond acceptors (Lipinski definition) is 1. The van der Waals surface area contributed by atoms with Gasteiger partial charge in [-0.15, -0.1) is 0 Å². The molecule has 0 aliphatic rings. The fourth-order valence-electron chi connectivity index (χ4n) is 1.74. The number of rotatable bonds is 5. The van der Waals surface area contributed by atoms with Gasteiger partial charge in [0.2, 0.25) is 0 Å². The van der Waals surface area contributed by atoms with Crippen LogP contribution in [0, 0.1) is 6.10 Å². The Labute approximate surface area is 78.6 Å². The summed E-state index contributed by atoms with van der Waals surface area (Å²) in [5.41, 5.74) is 0.724. The van der Waals surface area contributed by atoms with Gasteiger partial charge in [0.15, 0.2) is 8.32 Å². The molecule has 0 aliphatic heterocycles. The molecule has 0 heterocycles. The maximum Gasteiger partial charge on any atom is 0.195 e. The first kappa shape index (κ1) is 12.2. The molecular formula is C10H23OSi. The summed E-state index contributed by atoms with van der Waals surface area (Å²) in [6.07, 6.45) is 1.14. The van der Waals surface area contributed by atoms with Gasteiger partial charge < -0.3 is 4.43 Å². The van der Waals surface area contributed by atoms with E-state index in [1.165, 1.54) is 12.1 Å². The lowest BCUT2D eigenvalue weighted by Gasteiger charge is -2.34. The van der Waals surface area contributed by atoms with E-state index >= 15 is 0 Å². The molecule has 0 rings (SSSR count). The highest BCUT2D eigenvalue weighted by Gasteiger charge is 2.35. The Morgan fingerprint density at radius 1 is 1.17 bits per heavy atom. The summed E-state index contributed by atoms with van der Waals surface area (Å²) < 4.78 is 6.05. The largest absolute Gasteiger partial charge is 0.409 e. The Bertz CT molecular complexity index is 117. The van der Waals surface area contributed by atoms with Crippen molar-refractivity contribution in [1.29, 1.82) is 0 Å². The van der Waals surface area contributed by atoms with Crippen molar-refractivity contribution in [2.45, 2.75) is 59.2 Å². The van der Waals surface area contributed by atoms with Gasteiger partial charge in [0.1, 0.15) is 0 Å². The average molecular weight is 187 g/mol. The minimum atomic E-state index is -1.42. The van der Waals surface area contributed by atoms with Crippen molar-refractivity contribution in [2.24, 2.45) is 0 Å². The molecule has 2 heteroatoms. The molecule has 0 aromatic carbocycles. The molecule has 73 valence electrons. The van der Waals surface area contributed by atoms with Gasteiger partial charge in [0, 0.05) is 0 Å². The maximum atomic E-state index is 6.05. The van der Waals surface area contributed by atoms with Crippen LogP contribution in [0.4, 0.5) is 0 Å². The fraction of sp³-hybridized carbons (Fsp3) is 0.900. The molecule has 0 saturated heterocycles. The second-order valence-corrected chi connectivity index (χ2v) is 8.84. The maximum absolute atomic E-state index is 6.05. The lowest BCUT2D eigenvalue weighted by atomic mass is 10.5. The zero-order chi connectivity index (χ0) is 9.78. The second kappa shape index (κ2) is 5.03. The van der Waals surface area contributed by atoms with Crippen LogP contribution in [0.25, 0.3) is 0 Å². The highest BCUT2D eigenvalue weighted by atomic mass is 28.4. The summed E-state index contributed by atoms with van der Waals surface area (Å²) in [5, 5.41) is 0. The van der Waals surface area contributed by atoms with E-state index < -0.39 is 8.32 Å². The van der Waals surface area contributed by atoms with E-state index in [0.29, 0.717) is 0 Å². The van der Waals surface area contributed by atoms with Gasteiger partial charge in [0.25, 0.3) is 0 Å². The summed E-state index contributed by atoms with van der Waals surface area (Å²) in [6.45, 7) is 13.2. The normalized spacial score (nSPS) is 13.0. The first-order chi connectivity index (χ1) is 5.48. The van der Waals surface area contributed by atoms with E-state index in [-0.39, 0.29) is 0 Å². The van der Waals surface area contributed by atoms with Crippen LogP contribution in [0.1, 0.15) is 41.5 Å². The predicted molar refractivity (Wildman–Crippen MR) is 57.5 cm³/mol. The molecule has 0 N–H and O–H groups in total. The monoisotopic (exact) mass is 187 g/mol. The molecular weight excluding hydrogens is 164 g/mol. The highest BCUT2D eigenvalue weighted by molar-refractivity contribution is 6.75. The topological polar surface area (TPSA) is 9.23 Å². The van der Waals surface area contributed by atoms with Crippen molar-refractivity contribution in [3.63, 3.8) is 0 Å². The lowest BCUT2D eigenvalue weighted by molar-refractivity contribution is 0.319. The molecule has 1 radical (unpaired) electrons. The Balaban J connectivity index is 4.35. The minimum absolute atomic E-state index is 0.724. The standard InChI is InChI=1S/C10H23OSi/c1-7-12(8-2,10(5)6)11-9(3)4/h10H,7-8H2,1-6H3. The van der Waals surface area contributed by atoms with Crippen LogP contribution >= 0.6 is 0 Å². The first-order valence-corrected chi connectivity index (χ1v) is 7.37. The Morgan fingerprint density at radius 3 is 1.67 bits per heavy atom. The molecule has 0 amide bonds. The molecule has 0 aromatic heterocycles. The van der Waals surface area contributed by atoms with E-state index in [2.05, 4.69) is 41.5 Å². The average Bonchev–Trinajstić information content (AvgIpc) is 1.99. The van der Waals surface area contributed by atoms with Crippen LogP contribution in [0.3, 0.4) is 0 Å². The van der Waals surface area contributed by atoms with Crippen LogP contribution < -0.4 is 0 Å². The molecule has 0 aromatic rings. The molecule has 0 saturated carbocycles. The Hall–Kier alpha value is 0.177. The van der Waals surface area contributed by atoms with Gasteiger partial charge >= 0.3 is 0 Å². The Morgan fingerprint density at radius 2 is 1.58 bits per heavy atom. The van der Waals surface area contributed by atoms with Crippen molar-refractivity contribution < 1.29 is 4.43 Å². The van der Waals surface area contributed by atoms with Crippen molar-refractivity contribution >= 4 is 8.32 Å². The molecule has 0 bridgehead atoms. The predicted octanol–water partition coefficient (Wildman–Crippen LogP) is 3.97. The van der Waals surface area contributed by atoms with Gasteiger partial charge in [-0.25, -0.2) is 0 Å². The number of hydrogen-bond donors (Lipinski definition) is 0. The molecule has 12 heavy (non-hydrogen) atoms.